The largest absolute Gasteiger partial charge is 0.497 e. The van der Waals surface area contributed by atoms with E-state index in [1.165, 1.54) is 26.4 Å². The molecule has 0 aliphatic rings. The summed E-state index contributed by atoms with van der Waals surface area (Å²) >= 11 is 0. The molecule has 176 valence electrons. The Morgan fingerprint density at radius 2 is 1.75 bits per heavy atom. The highest BCUT2D eigenvalue weighted by Crippen LogP contribution is 2.27. The van der Waals surface area contributed by atoms with Crippen LogP contribution in [-0.2, 0) is 26.1 Å². The SMILES string of the molecule is CCC(C)N(Cc1cc(NS(=O)(=O)c2ccc(OC)cc2)ccc1N(C)C)C(=O)COC. The summed E-state index contributed by atoms with van der Waals surface area (Å²) in [6.45, 7) is 4.33. The summed E-state index contributed by atoms with van der Waals surface area (Å²) in [5, 5.41) is 0. The molecular formula is C23H33N3O5S. The number of nitrogens with one attached hydrogen (secondary N) is 1. The average molecular weight is 464 g/mol. The van der Waals surface area contributed by atoms with Gasteiger partial charge in [0.25, 0.3) is 10.0 Å². The smallest absolute Gasteiger partial charge is 0.261 e. The fourth-order valence-electron chi connectivity index (χ4n) is 3.28. The number of benzene rings is 2. The van der Waals surface area contributed by atoms with E-state index in [0.29, 0.717) is 18.0 Å². The molecule has 2 aromatic rings. The van der Waals surface area contributed by atoms with Gasteiger partial charge in [-0.3, -0.25) is 9.52 Å². The third kappa shape index (κ3) is 6.37. The van der Waals surface area contributed by atoms with Gasteiger partial charge in [-0.2, -0.15) is 0 Å². The molecule has 0 fully saturated rings. The van der Waals surface area contributed by atoms with Gasteiger partial charge in [0.1, 0.15) is 12.4 Å². The first-order valence-electron chi connectivity index (χ1n) is 10.4. The second kappa shape index (κ2) is 11.2. The predicted octanol–water partition coefficient (Wildman–Crippen LogP) is 3.34. The summed E-state index contributed by atoms with van der Waals surface area (Å²) in [5.41, 5.74) is 2.15. The van der Waals surface area contributed by atoms with Gasteiger partial charge in [-0.25, -0.2) is 8.42 Å². The summed E-state index contributed by atoms with van der Waals surface area (Å²) < 4.78 is 38.5. The van der Waals surface area contributed by atoms with Crippen LogP contribution in [0.4, 0.5) is 11.4 Å². The number of ether oxygens (including phenoxy) is 2. The molecule has 0 radical (unpaired) electrons. The number of hydrogen-bond acceptors (Lipinski definition) is 6. The van der Waals surface area contributed by atoms with Gasteiger partial charge in [0.2, 0.25) is 5.91 Å². The quantitative estimate of drug-likeness (QED) is 0.550. The minimum Gasteiger partial charge on any atom is -0.497 e. The third-order valence-corrected chi connectivity index (χ3v) is 6.63. The highest BCUT2D eigenvalue weighted by Gasteiger charge is 2.22. The molecule has 9 heteroatoms. The number of hydrogen-bond donors (Lipinski definition) is 1. The van der Waals surface area contributed by atoms with Crippen molar-refractivity contribution in [1.29, 1.82) is 0 Å². The monoisotopic (exact) mass is 463 g/mol. The zero-order valence-corrected chi connectivity index (χ0v) is 20.4. The maximum atomic E-state index is 12.9. The van der Waals surface area contributed by atoms with Crippen molar-refractivity contribution in [3.63, 3.8) is 0 Å². The molecule has 2 aromatic carbocycles. The number of carbonyl (C=O) groups excluding carboxylic acids is 1. The molecule has 0 heterocycles. The molecule has 2 rings (SSSR count). The van der Waals surface area contributed by atoms with Crippen molar-refractivity contribution in [1.82, 2.24) is 4.90 Å². The van der Waals surface area contributed by atoms with Gasteiger partial charge in [-0.1, -0.05) is 6.92 Å². The van der Waals surface area contributed by atoms with Gasteiger partial charge in [0.15, 0.2) is 0 Å². The van der Waals surface area contributed by atoms with Crippen molar-refractivity contribution < 1.29 is 22.7 Å². The number of sulfonamides is 1. The van der Waals surface area contributed by atoms with Gasteiger partial charge in [0, 0.05) is 45.2 Å². The van der Waals surface area contributed by atoms with Crippen LogP contribution in [0.2, 0.25) is 0 Å². The number of amides is 1. The second-order valence-electron chi connectivity index (χ2n) is 7.73. The molecule has 0 spiro atoms. The summed E-state index contributed by atoms with van der Waals surface area (Å²) in [5.74, 6) is 0.461. The van der Waals surface area contributed by atoms with Crippen LogP contribution in [0.25, 0.3) is 0 Å². The number of carbonyl (C=O) groups is 1. The molecule has 0 saturated carbocycles. The van der Waals surface area contributed by atoms with Crippen LogP contribution in [0, 0.1) is 0 Å². The summed E-state index contributed by atoms with van der Waals surface area (Å²) in [6.07, 6.45) is 0.788. The molecule has 32 heavy (non-hydrogen) atoms. The van der Waals surface area contributed by atoms with Crippen molar-refractivity contribution in [3.05, 3.63) is 48.0 Å². The van der Waals surface area contributed by atoms with Gasteiger partial charge in [0.05, 0.1) is 12.0 Å². The third-order valence-electron chi connectivity index (χ3n) is 5.23. The molecule has 0 aliphatic heterocycles. The Morgan fingerprint density at radius 1 is 1.09 bits per heavy atom. The van der Waals surface area contributed by atoms with E-state index in [9.17, 15) is 13.2 Å². The molecular weight excluding hydrogens is 430 g/mol. The fourth-order valence-corrected chi connectivity index (χ4v) is 4.33. The molecule has 1 atom stereocenters. The van der Waals surface area contributed by atoms with E-state index in [1.54, 1.807) is 29.2 Å². The minimum atomic E-state index is -3.78. The lowest BCUT2D eigenvalue weighted by Crippen LogP contribution is -2.40. The lowest BCUT2D eigenvalue weighted by Gasteiger charge is -2.30. The number of nitrogens with zero attached hydrogens (tertiary/aromatic N) is 2. The Morgan fingerprint density at radius 3 is 2.28 bits per heavy atom. The van der Waals surface area contributed by atoms with Crippen LogP contribution < -0.4 is 14.4 Å². The highest BCUT2D eigenvalue weighted by atomic mass is 32.2. The molecule has 1 unspecified atom stereocenters. The van der Waals surface area contributed by atoms with Gasteiger partial charge >= 0.3 is 0 Å². The van der Waals surface area contributed by atoms with E-state index in [-0.39, 0.29) is 23.5 Å². The second-order valence-corrected chi connectivity index (χ2v) is 9.41. The Labute approximate surface area is 191 Å². The van der Waals surface area contributed by atoms with E-state index in [2.05, 4.69) is 4.72 Å². The van der Waals surface area contributed by atoms with Crippen LogP contribution >= 0.6 is 0 Å². The highest BCUT2D eigenvalue weighted by molar-refractivity contribution is 7.92. The van der Waals surface area contributed by atoms with E-state index in [1.807, 2.05) is 38.9 Å². The van der Waals surface area contributed by atoms with Crippen LogP contribution in [0.5, 0.6) is 5.75 Å². The average Bonchev–Trinajstić information content (AvgIpc) is 2.76. The van der Waals surface area contributed by atoms with E-state index >= 15 is 0 Å². The topological polar surface area (TPSA) is 88.2 Å². The molecule has 0 bridgehead atoms. The standard InChI is InChI=1S/C23H33N3O5S/c1-7-17(2)26(23(27)16-30-5)15-18-14-19(8-13-22(18)25(3)4)24-32(28,29)21-11-9-20(31-6)10-12-21/h8-14,17,24H,7,15-16H2,1-6H3. The Hall–Kier alpha value is -2.78. The van der Waals surface area contributed by atoms with Crippen molar-refractivity contribution in [2.75, 3.05) is 44.5 Å². The zero-order chi connectivity index (χ0) is 23.9. The summed E-state index contributed by atoms with van der Waals surface area (Å²) in [4.78, 5) is 16.5. The summed E-state index contributed by atoms with van der Waals surface area (Å²) in [6, 6.07) is 11.5. The van der Waals surface area contributed by atoms with E-state index < -0.39 is 10.0 Å². The maximum absolute atomic E-state index is 12.9. The van der Waals surface area contributed by atoms with Crippen molar-refractivity contribution in [2.24, 2.45) is 0 Å². The fraction of sp³-hybridized carbons (Fsp3) is 0.435. The first-order valence-corrected chi connectivity index (χ1v) is 11.9. The molecule has 0 saturated heterocycles. The van der Waals surface area contributed by atoms with Crippen LogP contribution in [0.15, 0.2) is 47.4 Å². The van der Waals surface area contributed by atoms with Gasteiger partial charge in [-0.05, 0) is 61.4 Å². The predicted molar refractivity (Wildman–Crippen MR) is 127 cm³/mol. The number of rotatable bonds is 11. The molecule has 0 aromatic heterocycles. The van der Waals surface area contributed by atoms with E-state index in [0.717, 1.165) is 17.7 Å². The molecule has 8 nitrogen and oxygen atoms in total. The lowest BCUT2D eigenvalue weighted by molar-refractivity contribution is -0.138. The van der Waals surface area contributed by atoms with Crippen LogP contribution in [0.3, 0.4) is 0 Å². The lowest BCUT2D eigenvalue weighted by atomic mass is 10.1. The molecule has 1 N–H and O–H groups in total. The van der Waals surface area contributed by atoms with Crippen molar-refractivity contribution >= 4 is 27.3 Å². The summed E-state index contributed by atoms with van der Waals surface area (Å²) in [7, 11) is 3.05. The first-order chi connectivity index (χ1) is 15.1. The van der Waals surface area contributed by atoms with Crippen LogP contribution in [0.1, 0.15) is 25.8 Å². The van der Waals surface area contributed by atoms with Gasteiger partial charge < -0.3 is 19.3 Å². The number of methoxy groups -OCH3 is 2. The normalized spacial score (nSPS) is 12.2. The van der Waals surface area contributed by atoms with Crippen molar-refractivity contribution in [3.8, 4) is 5.75 Å². The Bertz CT molecular complexity index is 1010. The van der Waals surface area contributed by atoms with E-state index in [4.69, 9.17) is 9.47 Å². The first kappa shape index (κ1) is 25.5. The Kier molecular flexibility index (Phi) is 8.91. The van der Waals surface area contributed by atoms with Gasteiger partial charge in [-0.15, -0.1) is 0 Å². The minimum absolute atomic E-state index is 0.00677. The molecule has 1 amide bonds. The number of anilines is 2. The van der Waals surface area contributed by atoms with Crippen molar-refractivity contribution in [2.45, 2.75) is 37.8 Å². The Balaban J connectivity index is 2.38. The van der Waals surface area contributed by atoms with Crippen LogP contribution in [-0.4, -0.2) is 60.2 Å². The maximum Gasteiger partial charge on any atom is 0.261 e. The zero-order valence-electron chi connectivity index (χ0n) is 19.6. The molecule has 0 aliphatic carbocycles.